The second-order valence-corrected chi connectivity index (χ2v) is 10.5. The van der Waals surface area contributed by atoms with Crippen molar-refractivity contribution in [1.29, 1.82) is 0 Å². The van der Waals surface area contributed by atoms with Crippen LogP contribution in [0.2, 0.25) is 0 Å². The largest absolute Gasteiger partial charge is 0.495 e. The molecule has 0 bridgehead atoms. The van der Waals surface area contributed by atoms with Gasteiger partial charge >= 0.3 is 5.97 Å². The van der Waals surface area contributed by atoms with Crippen molar-refractivity contribution in [2.24, 2.45) is 0 Å². The summed E-state index contributed by atoms with van der Waals surface area (Å²) >= 11 is 0. The van der Waals surface area contributed by atoms with Crippen LogP contribution in [0.25, 0.3) is 28.3 Å². The zero-order valence-corrected chi connectivity index (χ0v) is 24.2. The highest BCUT2D eigenvalue weighted by Gasteiger charge is 2.20. The summed E-state index contributed by atoms with van der Waals surface area (Å²) in [4.78, 5) is 28.7. The van der Waals surface area contributed by atoms with E-state index in [1.165, 1.54) is 32.4 Å². The molecule has 5 aromatic rings. The topological polar surface area (TPSA) is 93.9 Å². The lowest BCUT2D eigenvalue weighted by atomic mass is 10.1. The lowest BCUT2D eigenvalue weighted by Gasteiger charge is -2.26. The van der Waals surface area contributed by atoms with Gasteiger partial charge in [-0.25, -0.2) is 24.1 Å². The number of benzene rings is 2. The molecule has 0 radical (unpaired) electrons. The number of hydrogen-bond acceptors (Lipinski definition) is 8. The molecule has 9 nitrogen and oxygen atoms in total. The van der Waals surface area contributed by atoms with Gasteiger partial charge in [0.2, 0.25) is 5.95 Å². The van der Waals surface area contributed by atoms with Gasteiger partial charge in [0.25, 0.3) is 0 Å². The minimum atomic E-state index is -0.431. The number of fused-ring (bicyclic) bond motifs is 1. The number of piperidine rings is 1. The van der Waals surface area contributed by atoms with E-state index in [2.05, 4.69) is 15.2 Å². The van der Waals surface area contributed by atoms with E-state index in [-0.39, 0.29) is 11.8 Å². The van der Waals surface area contributed by atoms with Crippen molar-refractivity contribution in [3.05, 3.63) is 90.0 Å². The lowest BCUT2D eigenvalue weighted by Crippen LogP contribution is -2.31. The summed E-state index contributed by atoms with van der Waals surface area (Å²) in [6.07, 6.45) is 7.82. The first kappa shape index (κ1) is 28.3. The normalized spacial score (nSPS) is 13.7. The molecule has 0 spiro atoms. The van der Waals surface area contributed by atoms with Crippen LogP contribution in [0.15, 0.2) is 73.1 Å². The van der Waals surface area contributed by atoms with E-state index in [1.807, 2.05) is 34.9 Å². The Labute approximate surface area is 249 Å². The van der Waals surface area contributed by atoms with Gasteiger partial charge in [-0.3, -0.25) is 4.40 Å². The van der Waals surface area contributed by atoms with E-state index in [0.717, 1.165) is 25.2 Å². The third-order valence-electron chi connectivity index (χ3n) is 7.75. The molecule has 1 aliphatic heterocycles. The molecule has 10 heteroatoms. The molecular formula is C33H33FN6O3. The van der Waals surface area contributed by atoms with Gasteiger partial charge in [0.1, 0.15) is 17.2 Å². The highest BCUT2D eigenvalue weighted by Crippen LogP contribution is 2.34. The molecule has 43 heavy (non-hydrogen) atoms. The van der Waals surface area contributed by atoms with Crippen molar-refractivity contribution in [1.82, 2.24) is 24.3 Å². The van der Waals surface area contributed by atoms with Crippen LogP contribution in [0.3, 0.4) is 0 Å². The summed E-state index contributed by atoms with van der Waals surface area (Å²) < 4.78 is 27.7. The monoisotopic (exact) mass is 580 g/mol. The Hall–Kier alpha value is -4.83. The highest BCUT2D eigenvalue weighted by atomic mass is 19.1. The number of aromatic nitrogens is 4. The number of hydrogen-bond donors (Lipinski definition) is 1. The third kappa shape index (κ3) is 6.05. The Bertz CT molecular complexity index is 1770. The number of methoxy groups -OCH3 is 2. The number of imidazole rings is 1. The van der Waals surface area contributed by atoms with E-state index in [9.17, 15) is 4.79 Å². The minimum absolute atomic E-state index is 0.274. The molecule has 1 aliphatic rings. The zero-order valence-electron chi connectivity index (χ0n) is 24.2. The number of likely N-dealkylation sites (tertiary alicyclic amines) is 1. The van der Waals surface area contributed by atoms with Gasteiger partial charge in [0.05, 0.1) is 42.6 Å². The fourth-order valence-electron chi connectivity index (χ4n) is 5.54. The second kappa shape index (κ2) is 12.6. The van der Waals surface area contributed by atoms with Crippen LogP contribution < -0.4 is 10.1 Å². The van der Waals surface area contributed by atoms with Crippen LogP contribution in [-0.4, -0.2) is 64.1 Å². The fourth-order valence-corrected chi connectivity index (χ4v) is 5.54. The first-order valence-electron chi connectivity index (χ1n) is 14.4. The molecule has 1 saturated heterocycles. The lowest BCUT2D eigenvalue weighted by molar-refractivity contribution is 0.0600. The Kier molecular flexibility index (Phi) is 8.28. The van der Waals surface area contributed by atoms with Crippen LogP contribution in [0.5, 0.6) is 5.75 Å². The van der Waals surface area contributed by atoms with Crippen LogP contribution in [0.4, 0.5) is 16.0 Å². The number of anilines is 2. The molecule has 1 N–H and O–H groups in total. The fraction of sp³-hybridized carbons (Fsp3) is 0.273. The maximum Gasteiger partial charge on any atom is 0.337 e. The van der Waals surface area contributed by atoms with Gasteiger partial charge in [-0.05, 0) is 74.3 Å². The van der Waals surface area contributed by atoms with Crippen molar-refractivity contribution >= 4 is 23.3 Å². The summed E-state index contributed by atoms with van der Waals surface area (Å²) in [6.45, 7) is 2.95. The molecule has 220 valence electrons. The van der Waals surface area contributed by atoms with Gasteiger partial charge in [-0.1, -0.05) is 24.6 Å². The molecule has 0 saturated carbocycles. The van der Waals surface area contributed by atoms with E-state index in [4.69, 9.17) is 19.4 Å². The van der Waals surface area contributed by atoms with E-state index in [1.54, 1.807) is 43.6 Å². The zero-order chi connectivity index (χ0) is 29.8. The van der Waals surface area contributed by atoms with E-state index in [0.29, 0.717) is 51.7 Å². The van der Waals surface area contributed by atoms with Crippen molar-refractivity contribution in [3.8, 4) is 28.4 Å². The van der Waals surface area contributed by atoms with Crippen molar-refractivity contribution in [3.63, 3.8) is 0 Å². The van der Waals surface area contributed by atoms with Gasteiger partial charge < -0.3 is 19.7 Å². The number of rotatable bonds is 9. The smallest absolute Gasteiger partial charge is 0.337 e. The molecule has 4 heterocycles. The SMILES string of the molecule is COC(=O)c1cccc(-c2nc3ccccn3c2-c2ccnc(Nc3cc(F)c(CCN4CCCCC4)cc3OC)n2)c1. The van der Waals surface area contributed by atoms with Gasteiger partial charge in [-0.15, -0.1) is 0 Å². The Balaban J connectivity index is 1.32. The van der Waals surface area contributed by atoms with E-state index < -0.39 is 5.97 Å². The number of pyridine rings is 1. The molecule has 0 amide bonds. The molecule has 0 unspecified atom stereocenters. The third-order valence-corrected chi connectivity index (χ3v) is 7.75. The van der Waals surface area contributed by atoms with Gasteiger partial charge in [0.15, 0.2) is 0 Å². The number of ether oxygens (including phenoxy) is 2. The maximum absolute atomic E-state index is 15.3. The second-order valence-electron chi connectivity index (χ2n) is 10.5. The molecule has 0 aliphatic carbocycles. The van der Waals surface area contributed by atoms with Gasteiger partial charge in [0, 0.05) is 30.6 Å². The minimum Gasteiger partial charge on any atom is -0.495 e. The molecular weight excluding hydrogens is 547 g/mol. The number of esters is 1. The molecule has 0 atom stereocenters. The van der Waals surface area contributed by atoms with Crippen LogP contribution in [0.1, 0.15) is 35.2 Å². The molecule has 2 aromatic carbocycles. The Morgan fingerprint density at radius 3 is 2.67 bits per heavy atom. The van der Waals surface area contributed by atoms with Crippen molar-refractivity contribution in [2.75, 3.05) is 39.2 Å². The number of carbonyl (C=O) groups excluding carboxylic acids is 1. The summed E-state index contributed by atoms with van der Waals surface area (Å²) in [5.74, 6) is 0.0565. The van der Waals surface area contributed by atoms with Gasteiger partial charge in [-0.2, -0.15) is 0 Å². The summed E-state index contributed by atoms with van der Waals surface area (Å²) in [6, 6.07) is 17.8. The molecule has 6 rings (SSSR count). The maximum atomic E-state index is 15.3. The summed E-state index contributed by atoms with van der Waals surface area (Å²) in [5.41, 5.74) is 4.87. The number of halogens is 1. The first-order valence-corrected chi connectivity index (χ1v) is 14.4. The van der Waals surface area contributed by atoms with Crippen LogP contribution >= 0.6 is 0 Å². The Morgan fingerprint density at radius 2 is 1.86 bits per heavy atom. The quantitative estimate of drug-likeness (QED) is 0.207. The van der Waals surface area contributed by atoms with Crippen LogP contribution in [0, 0.1) is 5.82 Å². The number of nitrogens with zero attached hydrogens (tertiary/aromatic N) is 5. The average Bonchev–Trinajstić information content (AvgIpc) is 3.44. The Morgan fingerprint density at radius 1 is 1.00 bits per heavy atom. The van der Waals surface area contributed by atoms with E-state index >= 15 is 4.39 Å². The molecule has 1 fully saturated rings. The average molecular weight is 581 g/mol. The number of nitrogens with one attached hydrogen (secondary N) is 1. The van der Waals surface area contributed by atoms with Crippen LogP contribution in [-0.2, 0) is 11.2 Å². The predicted molar refractivity (Wildman–Crippen MR) is 163 cm³/mol. The standard InChI is InChI=1S/C33H33FN6O3/c1-42-28-20-22(13-18-39-15-5-3-6-16-39)25(34)21-27(28)37-33-35-14-12-26(36-33)31-30(38-29-11-4-7-17-40(29)31)23-9-8-10-24(19-23)32(41)43-2/h4,7-12,14,17,19-21H,3,5-6,13,15-16,18H2,1-2H3,(H,35,36,37). The predicted octanol–water partition coefficient (Wildman–Crippen LogP) is 6.16. The molecule has 3 aromatic heterocycles. The number of carbonyl (C=O) groups is 1. The first-order chi connectivity index (χ1) is 21.0. The summed E-state index contributed by atoms with van der Waals surface area (Å²) in [5, 5.41) is 3.15. The van der Waals surface area contributed by atoms with Crippen molar-refractivity contribution < 1.29 is 18.7 Å². The highest BCUT2D eigenvalue weighted by molar-refractivity contribution is 5.92. The summed E-state index contributed by atoms with van der Waals surface area (Å²) in [7, 11) is 2.92. The van der Waals surface area contributed by atoms with Crippen molar-refractivity contribution in [2.45, 2.75) is 25.7 Å².